The summed E-state index contributed by atoms with van der Waals surface area (Å²) < 4.78 is 14.2. The third-order valence-electron chi connectivity index (χ3n) is 3.52. The highest BCUT2D eigenvalue weighted by Gasteiger charge is 2.11. The molecule has 0 aliphatic carbocycles. The number of nitrogens with zero attached hydrogens (tertiary/aromatic N) is 1. The van der Waals surface area contributed by atoms with Crippen LogP contribution in [0, 0.1) is 5.82 Å². The average Bonchev–Trinajstić information content (AvgIpc) is 2.51. The fraction of sp³-hybridized carbons (Fsp3) is 0.294. The molecule has 0 spiro atoms. The quantitative estimate of drug-likeness (QED) is 0.923. The van der Waals surface area contributed by atoms with Crippen LogP contribution in [0.15, 0.2) is 41.3 Å². The number of halogens is 1. The van der Waals surface area contributed by atoms with Gasteiger partial charge in [0.15, 0.2) is 0 Å². The summed E-state index contributed by atoms with van der Waals surface area (Å²) in [5, 5.41) is 2.86. The molecule has 1 aromatic heterocycles. The lowest BCUT2D eigenvalue weighted by Crippen LogP contribution is -2.27. The second-order valence-electron chi connectivity index (χ2n) is 5.02. The number of hydrogen-bond acceptors (Lipinski definition) is 2. The predicted molar refractivity (Wildman–Crippen MR) is 84.5 cm³/mol. The molecule has 0 aliphatic rings. The van der Waals surface area contributed by atoms with E-state index in [1.54, 1.807) is 0 Å². The molecule has 1 aromatic carbocycles. The number of pyridine rings is 1. The van der Waals surface area contributed by atoms with E-state index in [0.29, 0.717) is 0 Å². The zero-order valence-electron chi connectivity index (χ0n) is 12.7. The topological polar surface area (TPSA) is 51.1 Å². The van der Waals surface area contributed by atoms with Crippen molar-refractivity contribution in [2.24, 2.45) is 0 Å². The van der Waals surface area contributed by atoms with E-state index in [4.69, 9.17) is 0 Å². The van der Waals surface area contributed by atoms with Gasteiger partial charge in [-0.1, -0.05) is 32.0 Å². The smallest absolute Gasteiger partial charge is 0.251 e. The Morgan fingerprint density at radius 1 is 1.14 bits per heavy atom. The van der Waals surface area contributed by atoms with Crippen molar-refractivity contribution in [3.05, 3.63) is 63.8 Å². The van der Waals surface area contributed by atoms with Gasteiger partial charge in [0.05, 0.1) is 0 Å². The summed E-state index contributed by atoms with van der Waals surface area (Å²) in [6, 6.07) is 8.08. The third-order valence-corrected chi connectivity index (χ3v) is 3.52. The van der Waals surface area contributed by atoms with E-state index in [-0.39, 0.29) is 12.5 Å². The van der Waals surface area contributed by atoms with Crippen LogP contribution in [0.5, 0.6) is 0 Å². The van der Waals surface area contributed by atoms with E-state index >= 15 is 0 Å². The van der Waals surface area contributed by atoms with Gasteiger partial charge in [0.25, 0.3) is 5.56 Å². The molecule has 1 heterocycles. The summed E-state index contributed by atoms with van der Waals surface area (Å²) in [7, 11) is 0. The number of para-hydroxylation sites is 1. The van der Waals surface area contributed by atoms with Crippen molar-refractivity contribution in [3.8, 4) is 0 Å². The zero-order chi connectivity index (χ0) is 16.1. The molecule has 0 saturated carbocycles. The lowest BCUT2D eigenvalue weighted by molar-refractivity contribution is -0.116. The molecule has 4 nitrogen and oxygen atoms in total. The molecule has 1 amide bonds. The van der Waals surface area contributed by atoms with Gasteiger partial charge in [0, 0.05) is 18.0 Å². The molecule has 0 unspecified atom stereocenters. The van der Waals surface area contributed by atoms with Crippen molar-refractivity contribution in [2.75, 3.05) is 5.32 Å². The molecule has 22 heavy (non-hydrogen) atoms. The predicted octanol–water partition coefficient (Wildman–Crippen LogP) is 2.75. The molecule has 0 bridgehead atoms. The number of carbonyl (C=O) groups is 1. The average molecular weight is 302 g/mol. The van der Waals surface area contributed by atoms with Gasteiger partial charge in [-0.25, -0.2) is 4.39 Å². The summed E-state index contributed by atoms with van der Waals surface area (Å²) in [5.74, 6) is -0.890. The highest BCUT2D eigenvalue weighted by Crippen LogP contribution is 2.22. The molecule has 2 aromatic rings. The molecule has 0 saturated heterocycles. The molecule has 0 fully saturated rings. The number of anilines is 1. The van der Waals surface area contributed by atoms with Crippen molar-refractivity contribution in [1.82, 2.24) is 4.57 Å². The minimum absolute atomic E-state index is 0.211. The lowest BCUT2D eigenvalue weighted by Gasteiger charge is -2.15. The van der Waals surface area contributed by atoms with Crippen molar-refractivity contribution in [1.29, 1.82) is 0 Å². The van der Waals surface area contributed by atoms with Gasteiger partial charge in [0.2, 0.25) is 5.91 Å². The van der Waals surface area contributed by atoms with E-state index in [2.05, 4.69) is 5.32 Å². The molecular weight excluding hydrogens is 283 g/mol. The summed E-state index contributed by atoms with van der Waals surface area (Å²) in [4.78, 5) is 23.8. The standard InChI is InChI=1S/C17H19FN2O2/c1-3-12-6-5-7-13(4-2)17(12)19-15(21)11-20-10-14(18)8-9-16(20)22/h5-10H,3-4,11H2,1-2H3,(H,19,21). The first-order valence-corrected chi connectivity index (χ1v) is 7.31. The Morgan fingerprint density at radius 3 is 2.36 bits per heavy atom. The Kier molecular flexibility index (Phi) is 5.09. The van der Waals surface area contributed by atoms with Gasteiger partial charge in [-0.05, 0) is 30.0 Å². The SMILES string of the molecule is CCc1cccc(CC)c1NC(=O)Cn1cc(F)ccc1=O. The summed E-state index contributed by atoms with van der Waals surface area (Å²) in [5.41, 5.74) is 2.47. The summed E-state index contributed by atoms with van der Waals surface area (Å²) >= 11 is 0. The van der Waals surface area contributed by atoms with E-state index < -0.39 is 11.4 Å². The van der Waals surface area contributed by atoms with E-state index in [9.17, 15) is 14.0 Å². The Balaban J connectivity index is 2.22. The van der Waals surface area contributed by atoms with Crippen LogP contribution in [0.25, 0.3) is 0 Å². The second-order valence-corrected chi connectivity index (χ2v) is 5.02. The van der Waals surface area contributed by atoms with Gasteiger partial charge >= 0.3 is 0 Å². The molecular formula is C17H19FN2O2. The zero-order valence-corrected chi connectivity index (χ0v) is 12.7. The van der Waals surface area contributed by atoms with Crippen LogP contribution < -0.4 is 10.9 Å². The number of nitrogens with one attached hydrogen (secondary N) is 1. The molecule has 0 aliphatic heterocycles. The summed E-state index contributed by atoms with van der Waals surface area (Å²) in [6.07, 6.45) is 2.63. The Bertz CT molecular complexity index is 715. The highest BCUT2D eigenvalue weighted by molar-refractivity contribution is 5.92. The molecule has 0 atom stereocenters. The Hall–Kier alpha value is -2.43. The van der Waals surface area contributed by atoms with Crippen LogP contribution in [0.4, 0.5) is 10.1 Å². The van der Waals surface area contributed by atoms with Gasteiger partial charge in [0.1, 0.15) is 12.4 Å². The fourth-order valence-corrected chi connectivity index (χ4v) is 2.36. The number of aromatic nitrogens is 1. The Morgan fingerprint density at radius 2 is 1.77 bits per heavy atom. The van der Waals surface area contributed by atoms with E-state index in [0.717, 1.165) is 52.6 Å². The van der Waals surface area contributed by atoms with E-state index in [1.807, 2.05) is 32.0 Å². The minimum atomic E-state index is -0.546. The normalized spacial score (nSPS) is 10.5. The maximum absolute atomic E-state index is 13.2. The number of aryl methyl sites for hydroxylation is 2. The van der Waals surface area contributed by atoms with Crippen molar-refractivity contribution in [3.63, 3.8) is 0 Å². The number of hydrogen-bond donors (Lipinski definition) is 1. The monoisotopic (exact) mass is 302 g/mol. The first-order valence-electron chi connectivity index (χ1n) is 7.31. The minimum Gasteiger partial charge on any atom is -0.324 e. The molecule has 116 valence electrons. The van der Waals surface area contributed by atoms with Crippen LogP contribution in [0.2, 0.25) is 0 Å². The maximum Gasteiger partial charge on any atom is 0.251 e. The van der Waals surface area contributed by atoms with Crippen LogP contribution in [-0.2, 0) is 24.2 Å². The number of rotatable bonds is 5. The number of carbonyl (C=O) groups excluding carboxylic acids is 1. The van der Waals surface area contributed by atoms with Crippen LogP contribution in [0.3, 0.4) is 0 Å². The largest absolute Gasteiger partial charge is 0.324 e. The lowest BCUT2D eigenvalue weighted by atomic mass is 10.0. The van der Waals surface area contributed by atoms with Crippen LogP contribution in [-0.4, -0.2) is 10.5 Å². The van der Waals surface area contributed by atoms with Gasteiger partial charge in [-0.15, -0.1) is 0 Å². The van der Waals surface area contributed by atoms with Crippen molar-refractivity contribution < 1.29 is 9.18 Å². The first-order chi connectivity index (χ1) is 10.5. The first kappa shape index (κ1) is 15.9. The van der Waals surface area contributed by atoms with Gasteiger partial charge < -0.3 is 9.88 Å². The third kappa shape index (κ3) is 3.61. The van der Waals surface area contributed by atoms with Crippen molar-refractivity contribution >= 4 is 11.6 Å². The Labute approximate surface area is 128 Å². The molecule has 1 N–H and O–H groups in total. The highest BCUT2D eigenvalue weighted by atomic mass is 19.1. The number of benzene rings is 1. The number of amides is 1. The molecule has 5 heteroatoms. The van der Waals surface area contributed by atoms with Crippen LogP contribution in [0.1, 0.15) is 25.0 Å². The van der Waals surface area contributed by atoms with Crippen LogP contribution >= 0.6 is 0 Å². The molecule has 2 rings (SSSR count). The maximum atomic E-state index is 13.2. The fourth-order valence-electron chi connectivity index (χ4n) is 2.36. The molecule has 0 radical (unpaired) electrons. The van der Waals surface area contributed by atoms with Gasteiger partial charge in [-0.3, -0.25) is 9.59 Å². The second kappa shape index (κ2) is 7.02. The summed E-state index contributed by atoms with van der Waals surface area (Å²) in [6.45, 7) is 3.82. The van der Waals surface area contributed by atoms with E-state index in [1.165, 1.54) is 0 Å². The van der Waals surface area contributed by atoms with Crippen molar-refractivity contribution in [2.45, 2.75) is 33.2 Å². The van der Waals surface area contributed by atoms with Gasteiger partial charge in [-0.2, -0.15) is 0 Å².